The number of carboxylic acids is 2. The van der Waals surface area contributed by atoms with Gasteiger partial charge < -0.3 is 19.8 Å². The molecular formula is C9H12O4-2. The van der Waals surface area contributed by atoms with Crippen LogP contribution in [0.3, 0.4) is 0 Å². The molecule has 0 aromatic rings. The largest absolute Gasteiger partial charge is 0.549 e. The first-order valence-corrected chi connectivity index (χ1v) is 4.12. The maximum Gasteiger partial charge on any atom is 0.0501 e. The number of aliphatic carboxylic acids is 2. The average molecular weight is 184 g/mol. The van der Waals surface area contributed by atoms with Gasteiger partial charge in [-0.25, -0.2) is 0 Å². The molecule has 74 valence electrons. The second kappa shape index (κ2) is 6.22. The van der Waals surface area contributed by atoms with E-state index in [9.17, 15) is 19.8 Å². The van der Waals surface area contributed by atoms with Gasteiger partial charge in [0.15, 0.2) is 0 Å². The first-order chi connectivity index (χ1) is 6.09. The zero-order valence-corrected chi connectivity index (χ0v) is 7.32. The Bertz CT molecular complexity index is 184. The molecule has 0 heterocycles. The Balaban J connectivity index is 3.77. The van der Waals surface area contributed by atoms with Crippen LogP contribution in [0.25, 0.3) is 0 Å². The summed E-state index contributed by atoms with van der Waals surface area (Å²) in [6.07, 6.45) is 3.79. The Hall–Kier alpha value is -1.32. The fourth-order valence-corrected chi connectivity index (χ4v) is 0.969. The summed E-state index contributed by atoms with van der Waals surface area (Å²) in [5.74, 6) is -4.62. The second-order valence-corrected chi connectivity index (χ2v) is 2.76. The van der Waals surface area contributed by atoms with Crippen molar-refractivity contribution in [2.75, 3.05) is 0 Å². The Kier molecular flexibility index (Phi) is 5.59. The lowest BCUT2D eigenvalue weighted by molar-refractivity contribution is -0.332. The molecule has 0 fully saturated rings. The van der Waals surface area contributed by atoms with Crippen LogP contribution >= 0.6 is 0 Å². The summed E-state index contributed by atoms with van der Waals surface area (Å²) in [6, 6.07) is 0. The van der Waals surface area contributed by atoms with Gasteiger partial charge in [0.1, 0.15) is 0 Å². The van der Waals surface area contributed by atoms with Crippen LogP contribution in [0.2, 0.25) is 0 Å². The number of hydrogen-bond acceptors (Lipinski definition) is 4. The molecule has 0 atom stereocenters. The normalized spacial score (nSPS) is 9.92. The van der Waals surface area contributed by atoms with Crippen LogP contribution < -0.4 is 10.2 Å². The van der Waals surface area contributed by atoms with Crippen molar-refractivity contribution in [2.45, 2.75) is 25.7 Å². The first-order valence-electron chi connectivity index (χ1n) is 4.12. The van der Waals surface area contributed by atoms with Crippen molar-refractivity contribution in [1.29, 1.82) is 0 Å². The van der Waals surface area contributed by atoms with Gasteiger partial charge in [0, 0.05) is 5.92 Å². The smallest absolute Gasteiger partial charge is 0.0501 e. The van der Waals surface area contributed by atoms with Crippen LogP contribution in [0.5, 0.6) is 0 Å². The molecule has 0 N–H and O–H groups in total. The third-order valence-electron chi connectivity index (χ3n) is 1.72. The van der Waals surface area contributed by atoms with Gasteiger partial charge in [0.05, 0.1) is 11.9 Å². The molecule has 0 bridgehead atoms. The maximum absolute atomic E-state index is 10.3. The van der Waals surface area contributed by atoms with Gasteiger partial charge in [-0.15, -0.1) is 6.58 Å². The van der Waals surface area contributed by atoms with E-state index in [-0.39, 0.29) is 6.42 Å². The van der Waals surface area contributed by atoms with Gasteiger partial charge >= 0.3 is 0 Å². The first kappa shape index (κ1) is 11.7. The molecule has 0 aliphatic rings. The minimum Gasteiger partial charge on any atom is -0.549 e. The molecule has 0 saturated carbocycles. The predicted molar refractivity (Wildman–Crippen MR) is 42.2 cm³/mol. The number of carboxylic acid groups (broad SMARTS) is 2. The van der Waals surface area contributed by atoms with Gasteiger partial charge in [0.2, 0.25) is 0 Å². The number of unbranched alkanes of at least 4 members (excludes halogenated alkanes) is 2. The van der Waals surface area contributed by atoms with Gasteiger partial charge in [0.25, 0.3) is 0 Å². The molecule has 0 aromatic heterocycles. The minimum atomic E-state index is -1.57. The van der Waals surface area contributed by atoms with Crippen molar-refractivity contribution in [3.8, 4) is 0 Å². The molecule has 0 aliphatic heterocycles. The zero-order chi connectivity index (χ0) is 10.3. The van der Waals surface area contributed by atoms with Crippen LogP contribution in [-0.2, 0) is 9.59 Å². The number of carbonyl (C=O) groups excluding carboxylic acids is 2. The average Bonchev–Trinajstić information content (AvgIpc) is 2.02. The van der Waals surface area contributed by atoms with Gasteiger partial charge in [-0.3, -0.25) is 0 Å². The highest BCUT2D eigenvalue weighted by Gasteiger charge is 2.09. The summed E-state index contributed by atoms with van der Waals surface area (Å²) in [6.45, 7) is 3.49. The quantitative estimate of drug-likeness (QED) is 0.284. The van der Waals surface area contributed by atoms with Crippen molar-refractivity contribution < 1.29 is 19.8 Å². The molecule has 13 heavy (non-hydrogen) atoms. The highest BCUT2D eigenvalue weighted by molar-refractivity contribution is 5.90. The topological polar surface area (TPSA) is 80.3 Å². The van der Waals surface area contributed by atoms with E-state index in [0.717, 1.165) is 12.8 Å². The maximum atomic E-state index is 10.3. The van der Waals surface area contributed by atoms with Crippen molar-refractivity contribution >= 4 is 11.9 Å². The third-order valence-corrected chi connectivity index (χ3v) is 1.72. The van der Waals surface area contributed by atoms with Crippen LogP contribution in [0, 0.1) is 5.92 Å². The molecule has 4 heteroatoms. The minimum absolute atomic E-state index is 0.0680. The summed E-state index contributed by atoms with van der Waals surface area (Å²) in [4.78, 5) is 20.5. The highest BCUT2D eigenvalue weighted by atomic mass is 16.4. The predicted octanol–water partition coefficient (Wildman–Crippen LogP) is -1.15. The zero-order valence-electron chi connectivity index (χ0n) is 7.32. The monoisotopic (exact) mass is 184 g/mol. The van der Waals surface area contributed by atoms with E-state index >= 15 is 0 Å². The summed E-state index contributed by atoms with van der Waals surface area (Å²) >= 11 is 0. The van der Waals surface area contributed by atoms with Gasteiger partial charge in [-0.2, -0.15) is 0 Å². The van der Waals surface area contributed by atoms with Crippen molar-refractivity contribution in [1.82, 2.24) is 0 Å². The lowest BCUT2D eigenvalue weighted by Crippen LogP contribution is -2.43. The second-order valence-electron chi connectivity index (χ2n) is 2.76. The Morgan fingerprint density at radius 2 is 1.77 bits per heavy atom. The number of carbonyl (C=O) groups is 2. The molecule has 0 saturated heterocycles. The Labute approximate surface area is 76.9 Å². The van der Waals surface area contributed by atoms with Crippen molar-refractivity contribution in [3.05, 3.63) is 12.7 Å². The van der Waals surface area contributed by atoms with E-state index in [2.05, 4.69) is 6.58 Å². The molecule has 4 nitrogen and oxygen atoms in total. The van der Waals surface area contributed by atoms with Crippen LogP contribution in [0.1, 0.15) is 25.7 Å². The van der Waals surface area contributed by atoms with Crippen molar-refractivity contribution in [2.24, 2.45) is 5.92 Å². The van der Waals surface area contributed by atoms with E-state index in [4.69, 9.17) is 0 Å². The summed E-state index contributed by atoms with van der Waals surface area (Å²) in [7, 11) is 0. The molecule has 0 aromatic carbocycles. The number of hydrogen-bond donors (Lipinski definition) is 0. The summed E-state index contributed by atoms with van der Waals surface area (Å²) in [5, 5.41) is 20.5. The van der Waals surface area contributed by atoms with E-state index in [0.29, 0.717) is 6.42 Å². The highest BCUT2D eigenvalue weighted by Crippen LogP contribution is 2.08. The number of rotatable bonds is 7. The number of allylic oxidation sites excluding steroid dienone is 1. The lowest BCUT2D eigenvalue weighted by atomic mass is 10.0. The molecular weight excluding hydrogens is 172 g/mol. The van der Waals surface area contributed by atoms with Crippen LogP contribution in [-0.4, -0.2) is 11.9 Å². The standard InChI is InChI=1S/C9H14O4/c1-2-3-4-5-6-7(8(10)11)9(12)13/h2,7H,1,3-6H2,(H,10,11)(H,12,13)/p-2. The Morgan fingerprint density at radius 1 is 1.23 bits per heavy atom. The van der Waals surface area contributed by atoms with E-state index in [1.165, 1.54) is 0 Å². The summed E-state index contributed by atoms with van der Waals surface area (Å²) in [5.41, 5.74) is 0. The van der Waals surface area contributed by atoms with E-state index in [1.807, 2.05) is 0 Å². The summed E-state index contributed by atoms with van der Waals surface area (Å²) < 4.78 is 0. The molecule has 0 radical (unpaired) electrons. The molecule has 0 unspecified atom stereocenters. The van der Waals surface area contributed by atoms with Crippen LogP contribution in [0.4, 0.5) is 0 Å². The van der Waals surface area contributed by atoms with E-state index in [1.54, 1.807) is 6.08 Å². The molecule has 0 rings (SSSR count). The van der Waals surface area contributed by atoms with Gasteiger partial charge in [-0.1, -0.05) is 12.5 Å². The fraction of sp³-hybridized carbons (Fsp3) is 0.556. The Morgan fingerprint density at radius 3 is 2.15 bits per heavy atom. The van der Waals surface area contributed by atoms with Gasteiger partial charge in [-0.05, 0) is 19.3 Å². The molecule has 0 spiro atoms. The lowest BCUT2D eigenvalue weighted by Gasteiger charge is -2.18. The van der Waals surface area contributed by atoms with Crippen molar-refractivity contribution in [3.63, 3.8) is 0 Å². The SMILES string of the molecule is C=CCCCCC(C(=O)[O-])C(=O)[O-]. The fourth-order valence-electron chi connectivity index (χ4n) is 0.969. The molecule has 0 amide bonds. The third kappa shape index (κ3) is 5.00. The van der Waals surface area contributed by atoms with E-state index < -0.39 is 17.9 Å². The molecule has 0 aliphatic carbocycles. The van der Waals surface area contributed by atoms with Crippen LogP contribution in [0.15, 0.2) is 12.7 Å².